The average molecular weight is 412 g/mol. The van der Waals surface area contributed by atoms with Crippen molar-refractivity contribution in [3.8, 4) is 11.5 Å². The molecule has 2 aliphatic rings. The van der Waals surface area contributed by atoms with Gasteiger partial charge < -0.3 is 24.2 Å². The fourth-order valence-corrected chi connectivity index (χ4v) is 3.91. The van der Waals surface area contributed by atoms with Gasteiger partial charge in [-0.2, -0.15) is 0 Å². The zero-order valence-corrected chi connectivity index (χ0v) is 18.1. The minimum absolute atomic E-state index is 0.0255. The third kappa shape index (κ3) is 4.18. The maximum atomic E-state index is 13.4. The number of hydrogen-bond donors (Lipinski definition) is 0. The number of carbonyl (C=O) groups is 1. The lowest BCUT2D eigenvalue weighted by molar-refractivity contribution is 0.0728. The molecule has 0 unspecified atom stereocenters. The van der Waals surface area contributed by atoms with Crippen LogP contribution >= 0.6 is 0 Å². The van der Waals surface area contributed by atoms with Crippen molar-refractivity contribution in [2.24, 2.45) is 0 Å². The van der Waals surface area contributed by atoms with Gasteiger partial charge in [0.25, 0.3) is 5.91 Å². The smallest absolute Gasteiger partial charge is 0.254 e. The Labute approximate surface area is 177 Å². The fourth-order valence-electron chi connectivity index (χ4n) is 3.91. The standard InChI is InChI=1S/C22H29N5O3/c1-25(2)14-16-13-20(26(3)4)24-21(23-16)17-6-5-9-27(17)22(28)15-7-8-18-19(12-15)30-11-10-29-18/h7-8,12-13,17H,5-6,9-11,14H2,1-4H3/t17-/m1/s1. The molecule has 160 valence electrons. The summed E-state index contributed by atoms with van der Waals surface area (Å²) < 4.78 is 11.2. The van der Waals surface area contributed by atoms with E-state index in [2.05, 4.69) is 4.90 Å². The Hall–Kier alpha value is -2.87. The second-order valence-corrected chi connectivity index (χ2v) is 8.22. The van der Waals surface area contributed by atoms with Gasteiger partial charge in [0.15, 0.2) is 17.3 Å². The summed E-state index contributed by atoms with van der Waals surface area (Å²) in [7, 11) is 7.98. The Morgan fingerprint density at radius 2 is 1.87 bits per heavy atom. The lowest BCUT2D eigenvalue weighted by atomic mass is 10.1. The molecule has 0 radical (unpaired) electrons. The summed E-state index contributed by atoms with van der Waals surface area (Å²) in [6.45, 7) is 2.44. The molecular weight excluding hydrogens is 382 g/mol. The molecule has 1 atom stereocenters. The Balaban J connectivity index is 1.63. The Bertz CT molecular complexity index is 931. The molecule has 2 aromatic rings. The first kappa shape index (κ1) is 20.4. The number of rotatable bonds is 5. The molecule has 30 heavy (non-hydrogen) atoms. The van der Waals surface area contributed by atoms with Gasteiger partial charge >= 0.3 is 0 Å². The second-order valence-electron chi connectivity index (χ2n) is 8.22. The molecule has 1 aromatic carbocycles. The molecule has 4 rings (SSSR count). The molecule has 1 amide bonds. The zero-order chi connectivity index (χ0) is 21.3. The van der Waals surface area contributed by atoms with Gasteiger partial charge in [0.1, 0.15) is 19.0 Å². The Kier molecular flexibility index (Phi) is 5.76. The predicted molar refractivity (Wildman–Crippen MR) is 114 cm³/mol. The number of fused-ring (bicyclic) bond motifs is 1. The summed E-state index contributed by atoms with van der Waals surface area (Å²) >= 11 is 0. The first-order chi connectivity index (χ1) is 14.4. The van der Waals surface area contributed by atoms with Crippen LogP contribution in [0.25, 0.3) is 0 Å². The molecule has 1 fully saturated rings. The van der Waals surface area contributed by atoms with Crippen LogP contribution in [0.1, 0.15) is 40.8 Å². The van der Waals surface area contributed by atoms with Crippen LogP contribution in [-0.2, 0) is 6.54 Å². The average Bonchev–Trinajstić information content (AvgIpc) is 3.22. The number of benzene rings is 1. The van der Waals surface area contributed by atoms with Gasteiger partial charge in [-0.15, -0.1) is 0 Å². The quantitative estimate of drug-likeness (QED) is 0.748. The summed E-state index contributed by atoms with van der Waals surface area (Å²) in [5.74, 6) is 2.85. The summed E-state index contributed by atoms with van der Waals surface area (Å²) in [4.78, 5) is 28.9. The van der Waals surface area contributed by atoms with Crippen LogP contribution in [-0.4, -0.2) is 73.6 Å². The highest BCUT2D eigenvalue weighted by Gasteiger charge is 2.33. The first-order valence-corrected chi connectivity index (χ1v) is 10.3. The first-order valence-electron chi connectivity index (χ1n) is 10.3. The molecule has 8 nitrogen and oxygen atoms in total. The van der Waals surface area contributed by atoms with Crippen LogP contribution in [0.5, 0.6) is 11.5 Å². The van der Waals surface area contributed by atoms with E-state index in [4.69, 9.17) is 19.4 Å². The number of anilines is 1. The number of ether oxygens (including phenoxy) is 2. The highest BCUT2D eigenvalue weighted by Crippen LogP contribution is 2.35. The minimum atomic E-state index is -0.133. The third-order valence-corrected chi connectivity index (χ3v) is 5.32. The number of nitrogens with zero attached hydrogens (tertiary/aromatic N) is 5. The van der Waals surface area contributed by atoms with Gasteiger partial charge in [0, 0.05) is 38.8 Å². The number of likely N-dealkylation sites (tertiary alicyclic amines) is 1. The third-order valence-electron chi connectivity index (χ3n) is 5.32. The van der Waals surface area contributed by atoms with Crippen molar-refractivity contribution in [3.63, 3.8) is 0 Å². The van der Waals surface area contributed by atoms with Gasteiger partial charge in [-0.1, -0.05) is 0 Å². The van der Waals surface area contributed by atoms with E-state index in [0.717, 1.165) is 30.9 Å². The zero-order valence-electron chi connectivity index (χ0n) is 18.1. The van der Waals surface area contributed by atoms with Crippen molar-refractivity contribution >= 4 is 11.7 Å². The number of amides is 1. The number of aromatic nitrogens is 2. The lowest BCUT2D eigenvalue weighted by Gasteiger charge is -2.26. The van der Waals surface area contributed by atoms with Crippen molar-refractivity contribution in [3.05, 3.63) is 41.3 Å². The van der Waals surface area contributed by atoms with Gasteiger partial charge in [0.05, 0.1) is 11.7 Å². The Morgan fingerprint density at radius 3 is 2.60 bits per heavy atom. The van der Waals surface area contributed by atoms with E-state index in [1.807, 2.05) is 50.1 Å². The number of hydrogen-bond acceptors (Lipinski definition) is 7. The van der Waals surface area contributed by atoms with Crippen LogP contribution in [0, 0.1) is 0 Å². The molecule has 2 aliphatic heterocycles. The highest BCUT2D eigenvalue weighted by molar-refractivity contribution is 5.95. The summed E-state index contributed by atoms with van der Waals surface area (Å²) in [5.41, 5.74) is 1.55. The van der Waals surface area contributed by atoms with E-state index in [1.54, 1.807) is 12.1 Å². The molecule has 0 spiro atoms. The fraction of sp³-hybridized carbons (Fsp3) is 0.500. The van der Waals surface area contributed by atoms with Crippen LogP contribution in [0.2, 0.25) is 0 Å². The molecule has 0 aliphatic carbocycles. The van der Waals surface area contributed by atoms with Gasteiger partial charge in [-0.25, -0.2) is 9.97 Å². The van der Waals surface area contributed by atoms with E-state index in [0.29, 0.717) is 42.6 Å². The van der Waals surface area contributed by atoms with Crippen LogP contribution < -0.4 is 14.4 Å². The molecular formula is C22H29N5O3. The SMILES string of the molecule is CN(C)Cc1cc(N(C)C)nc([C@H]2CCCN2C(=O)c2ccc3c(c2)OCCO3)n1. The maximum absolute atomic E-state index is 13.4. The van der Waals surface area contributed by atoms with E-state index in [-0.39, 0.29) is 11.9 Å². The van der Waals surface area contributed by atoms with Gasteiger partial charge in [-0.3, -0.25) is 4.79 Å². The largest absolute Gasteiger partial charge is 0.486 e. The van der Waals surface area contributed by atoms with Crippen LogP contribution in [0.3, 0.4) is 0 Å². The van der Waals surface area contributed by atoms with Crippen LogP contribution in [0.4, 0.5) is 5.82 Å². The predicted octanol–water partition coefficient (Wildman–Crippen LogP) is 2.35. The molecule has 3 heterocycles. The topological polar surface area (TPSA) is 71.0 Å². The molecule has 0 N–H and O–H groups in total. The van der Waals surface area contributed by atoms with E-state index < -0.39 is 0 Å². The summed E-state index contributed by atoms with van der Waals surface area (Å²) in [6, 6.07) is 7.27. The van der Waals surface area contributed by atoms with Gasteiger partial charge in [0.2, 0.25) is 0 Å². The normalized spacial score (nSPS) is 18.0. The van der Waals surface area contributed by atoms with Crippen LogP contribution in [0.15, 0.2) is 24.3 Å². The van der Waals surface area contributed by atoms with Crippen molar-refractivity contribution < 1.29 is 14.3 Å². The molecule has 1 aromatic heterocycles. The molecule has 0 saturated carbocycles. The summed E-state index contributed by atoms with van der Waals surface area (Å²) in [6.07, 6.45) is 1.79. The van der Waals surface area contributed by atoms with Crippen molar-refractivity contribution in [2.45, 2.75) is 25.4 Å². The number of carbonyl (C=O) groups excluding carboxylic acids is 1. The minimum Gasteiger partial charge on any atom is -0.486 e. The second kappa shape index (κ2) is 8.47. The lowest BCUT2D eigenvalue weighted by Crippen LogP contribution is -2.32. The monoisotopic (exact) mass is 411 g/mol. The Morgan fingerprint density at radius 1 is 1.10 bits per heavy atom. The van der Waals surface area contributed by atoms with Gasteiger partial charge in [-0.05, 0) is 45.1 Å². The van der Waals surface area contributed by atoms with Crippen molar-refractivity contribution in [1.29, 1.82) is 0 Å². The highest BCUT2D eigenvalue weighted by atomic mass is 16.6. The summed E-state index contributed by atoms with van der Waals surface area (Å²) in [5, 5.41) is 0. The van der Waals surface area contributed by atoms with E-state index in [1.165, 1.54) is 0 Å². The van der Waals surface area contributed by atoms with Crippen molar-refractivity contribution in [2.75, 3.05) is 52.8 Å². The molecule has 8 heteroatoms. The van der Waals surface area contributed by atoms with E-state index in [9.17, 15) is 4.79 Å². The van der Waals surface area contributed by atoms with Crippen molar-refractivity contribution in [1.82, 2.24) is 19.8 Å². The van der Waals surface area contributed by atoms with E-state index >= 15 is 0 Å². The molecule has 0 bridgehead atoms. The molecule has 1 saturated heterocycles. The maximum Gasteiger partial charge on any atom is 0.254 e.